The smallest absolute Gasteiger partial charge is 0.0534 e. The number of nitrogens with zero attached hydrogens (tertiary/aromatic N) is 3. The molecule has 0 atom stereocenters. The fourth-order valence-electron chi connectivity index (χ4n) is 2.21. The Bertz CT molecular complexity index is 545. The van der Waals surface area contributed by atoms with Crippen molar-refractivity contribution in [3.63, 3.8) is 0 Å². The lowest BCUT2D eigenvalue weighted by molar-refractivity contribution is 0.204. The predicted molar refractivity (Wildman–Crippen MR) is 83.1 cm³/mol. The first-order chi connectivity index (χ1) is 9.60. The standard InChI is InChI=1S/C16H24N4/c1-4-20-11-14(9-18-20)10-19(13(2)3)12-15-7-5-6-8-16(15)17/h5-9,11,13H,4,10,12,17H2,1-3H3. The number of benzene rings is 1. The minimum atomic E-state index is 0.458. The van der Waals surface area contributed by atoms with E-state index in [0.717, 1.165) is 25.3 Å². The summed E-state index contributed by atoms with van der Waals surface area (Å²) in [7, 11) is 0. The van der Waals surface area contributed by atoms with E-state index in [0.29, 0.717) is 6.04 Å². The average Bonchev–Trinajstić information content (AvgIpc) is 2.88. The second-order valence-electron chi connectivity index (χ2n) is 5.40. The summed E-state index contributed by atoms with van der Waals surface area (Å²) in [6.07, 6.45) is 4.07. The van der Waals surface area contributed by atoms with Gasteiger partial charge >= 0.3 is 0 Å². The largest absolute Gasteiger partial charge is 0.398 e. The predicted octanol–water partition coefficient (Wildman–Crippen LogP) is 2.90. The van der Waals surface area contributed by atoms with Gasteiger partial charge in [0.1, 0.15) is 0 Å². The Kier molecular flexibility index (Phi) is 4.79. The quantitative estimate of drug-likeness (QED) is 0.823. The number of aryl methyl sites for hydroxylation is 1. The van der Waals surface area contributed by atoms with Gasteiger partial charge in [-0.1, -0.05) is 18.2 Å². The zero-order valence-electron chi connectivity index (χ0n) is 12.6. The molecule has 0 amide bonds. The topological polar surface area (TPSA) is 47.1 Å². The van der Waals surface area contributed by atoms with Crippen LogP contribution in [0.15, 0.2) is 36.7 Å². The second kappa shape index (κ2) is 6.57. The fourth-order valence-corrected chi connectivity index (χ4v) is 2.21. The van der Waals surface area contributed by atoms with E-state index in [1.54, 1.807) is 0 Å². The average molecular weight is 272 g/mol. The number of para-hydroxylation sites is 1. The molecule has 0 radical (unpaired) electrons. The third-order valence-electron chi connectivity index (χ3n) is 3.56. The highest BCUT2D eigenvalue weighted by atomic mass is 15.3. The first kappa shape index (κ1) is 14.6. The molecule has 0 saturated carbocycles. The first-order valence-electron chi connectivity index (χ1n) is 7.19. The second-order valence-corrected chi connectivity index (χ2v) is 5.40. The van der Waals surface area contributed by atoms with Crippen molar-refractivity contribution < 1.29 is 0 Å². The Morgan fingerprint density at radius 2 is 2.00 bits per heavy atom. The van der Waals surface area contributed by atoms with E-state index >= 15 is 0 Å². The minimum Gasteiger partial charge on any atom is -0.398 e. The van der Waals surface area contributed by atoms with Gasteiger partial charge in [0.05, 0.1) is 6.20 Å². The van der Waals surface area contributed by atoms with Crippen LogP contribution >= 0.6 is 0 Å². The zero-order valence-corrected chi connectivity index (χ0v) is 12.6. The van der Waals surface area contributed by atoms with E-state index in [2.05, 4.69) is 43.0 Å². The molecule has 0 bridgehead atoms. The van der Waals surface area contributed by atoms with Crippen molar-refractivity contribution in [2.45, 2.75) is 46.4 Å². The van der Waals surface area contributed by atoms with Gasteiger partial charge in [0.15, 0.2) is 0 Å². The van der Waals surface area contributed by atoms with E-state index in [1.165, 1.54) is 11.1 Å². The highest BCUT2D eigenvalue weighted by Crippen LogP contribution is 2.17. The molecule has 0 aliphatic carbocycles. The van der Waals surface area contributed by atoms with E-state index < -0.39 is 0 Å². The number of nitrogens with two attached hydrogens (primary N) is 1. The number of hydrogen-bond acceptors (Lipinski definition) is 3. The molecule has 0 fully saturated rings. The molecule has 1 heterocycles. The molecule has 0 unspecified atom stereocenters. The SMILES string of the molecule is CCn1cc(CN(Cc2ccccc2N)C(C)C)cn1. The summed E-state index contributed by atoms with van der Waals surface area (Å²) in [5.74, 6) is 0. The van der Waals surface area contributed by atoms with E-state index in [1.807, 2.05) is 29.1 Å². The van der Waals surface area contributed by atoms with Gasteiger partial charge in [0.2, 0.25) is 0 Å². The summed E-state index contributed by atoms with van der Waals surface area (Å²) in [5, 5.41) is 4.34. The lowest BCUT2D eigenvalue weighted by Gasteiger charge is -2.26. The Hall–Kier alpha value is -1.81. The Balaban J connectivity index is 2.09. The number of aromatic nitrogens is 2. The monoisotopic (exact) mass is 272 g/mol. The molecule has 0 saturated heterocycles. The van der Waals surface area contributed by atoms with Crippen LogP contribution in [0.25, 0.3) is 0 Å². The van der Waals surface area contributed by atoms with E-state index in [-0.39, 0.29) is 0 Å². The van der Waals surface area contributed by atoms with E-state index in [4.69, 9.17) is 5.73 Å². The first-order valence-corrected chi connectivity index (χ1v) is 7.19. The van der Waals surface area contributed by atoms with Crippen molar-refractivity contribution in [1.29, 1.82) is 0 Å². The van der Waals surface area contributed by atoms with Crippen molar-refractivity contribution in [3.05, 3.63) is 47.8 Å². The van der Waals surface area contributed by atoms with E-state index in [9.17, 15) is 0 Å². The fraction of sp³-hybridized carbons (Fsp3) is 0.438. The summed E-state index contributed by atoms with van der Waals surface area (Å²) in [6, 6.07) is 8.53. The third kappa shape index (κ3) is 3.61. The molecule has 0 spiro atoms. The van der Waals surface area contributed by atoms with Crippen molar-refractivity contribution >= 4 is 5.69 Å². The van der Waals surface area contributed by atoms with Crippen LogP contribution < -0.4 is 5.73 Å². The van der Waals surface area contributed by atoms with Crippen LogP contribution in [-0.2, 0) is 19.6 Å². The molecule has 0 aliphatic heterocycles. The molecule has 0 aliphatic rings. The van der Waals surface area contributed by atoms with Crippen molar-refractivity contribution in [1.82, 2.24) is 14.7 Å². The lowest BCUT2D eigenvalue weighted by Crippen LogP contribution is -2.30. The maximum absolute atomic E-state index is 6.04. The minimum absolute atomic E-state index is 0.458. The maximum Gasteiger partial charge on any atom is 0.0534 e. The molecule has 108 valence electrons. The van der Waals surface area contributed by atoms with Crippen LogP contribution in [0.4, 0.5) is 5.69 Å². The van der Waals surface area contributed by atoms with Crippen LogP contribution in [0.3, 0.4) is 0 Å². The maximum atomic E-state index is 6.04. The summed E-state index contributed by atoms with van der Waals surface area (Å²) < 4.78 is 1.96. The number of rotatable bonds is 6. The molecule has 2 rings (SSSR count). The number of hydrogen-bond donors (Lipinski definition) is 1. The van der Waals surface area contributed by atoms with Gasteiger partial charge in [-0.25, -0.2) is 0 Å². The molecule has 2 N–H and O–H groups in total. The van der Waals surface area contributed by atoms with Crippen molar-refractivity contribution in [2.24, 2.45) is 0 Å². The van der Waals surface area contributed by atoms with Gasteiger partial charge in [-0.2, -0.15) is 5.10 Å². The lowest BCUT2D eigenvalue weighted by atomic mass is 10.1. The summed E-state index contributed by atoms with van der Waals surface area (Å²) in [5.41, 5.74) is 9.34. The van der Waals surface area contributed by atoms with Gasteiger partial charge in [-0.15, -0.1) is 0 Å². The van der Waals surface area contributed by atoms with Gasteiger partial charge in [-0.05, 0) is 32.4 Å². The molecule has 4 heteroatoms. The third-order valence-corrected chi connectivity index (χ3v) is 3.56. The van der Waals surface area contributed by atoms with Crippen LogP contribution in [0, 0.1) is 0 Å². The summed E-state index contributed by atoms with van der Waals surface area (Å²) in [4.78, 5) is 2.41. The van der Waals surface area contributed by atoms with Gasteiger partial charge in [0.25, 0.3) is 0 Å². The normalized spacial score (nSPS) is 11.4. The zero-order chi connectivity index (χ0) is 14.5. The molecular weight excluding hydrogens is 248 g/mol. The summed E-state index contributed by atoms with van der Waals surface area (Å²) >= 11 is 0. The Morgan fingerprint density at radius 1 is 1.25 bits per heavy atom. The molecule has 1 aromatic heterocycles. The molecular formula is C16H24N4. The number of nitrogen functional groups attached to an aromatic ring is 1. The van der Waals surface area contributed by atoms with Crippen molar-refractivity contribution in [3.8, 4) is 0 Å². The molecule has 4 nitrogen and oxygen atoms in total. The Labute approximate surface area is 121 Å². The van der Waals surface area contributed by atoms with Gasteiger partial charge < -0.3 is 5.73 Å². The number of anilines is 1. The Morgan fingerprint density at radius 3 is 2.60 bits per heavy atom. The highest BCUT2D eigenvalue weighted by molar-refractivity contribution is 5.46. The van der Waals surface area contributed by atoms with Crippen LogP contribution in [0.2, 0.25) is 0 Å². The van der Waals surface area contributed by atoms with Crippen LogP contribution in [-0.4, -0.2) is 20.7 Å². The highest BCUT2D eigenvalue weighted by Gasteiger charge is 2.13. The summed E-state index contributed by atoms with van der Waals surface area (Å²) in [6.45, 7) is 9.19. The van der Waals surface area contributed by atoms with Crippen molar-refractivity contribution in [2.75, 3.05) is 5.73 Å². The molecule has 2 aromatic rings. The van der Waals surface area contributed by atoms with Gasteiger partial charge in [0, 0.05) is 43.1 Å². The van der Waals surface area contributed by atoms with Crippen LogP contribution in [0.1, 0.15) is 31.9 Å². The van der Waals surface area contributed by atoms with Gasteiger partial charge in [-0.3, -0.25) is 9.58 Å². The van der Waals surface area contributed by atoms with Crippen LogP contribution in [0.5, 0.6) is 0 Å². The molecule has 1 aromatic carbocycles. The molecule has 20 heavy (non-hydrogen) atoms.